The summed E-state index contributed by atoms with van der Waals surface area (Å²) in [6.45, 7) is 4.85. The van der Waals surface area contributed by atoms with E-state index >= 15 is 0 Å². The van der Waals surface area contributed by atoms with Gasteiger partial charge in [0.05, 0.1) is 0 Å². The summed E-state index contributed by atoms with van der Waals surface area (Å²) in [4.78, 5) is 20.3. The Balaban J connectivity index is 2.98. The zero-order valence-electron chi connectivity index (χ0n) is 10.6. The number of hydrogen-bond acceptors (Lipinski definition) is 3. The summed E-state index contributed by atoms with van der Waals surface area (Å²) in [5, 5.41) is 8.79. The minimum atomic E-state index is -3.68. The molecule has 0 aliphatic rings. The van der Waals surface area contributed by atoms with E-state index in [4.69, 9.17) is 9.84 Å². The summed E-state index contributed by atoms with van der Waals surface area (Å²) in [6, 6.07) is 3.64. The van der Waals surface area contributed by atoms with Crippen LogP contribution >= 0.6 is 7.37 Å². The van der Waals surface area contributed by atoms with E-state index in [1.807, 2.05) is 19.1 Å². The molecule has 0 aliphatic carbocycles. The van der Waals surface area contributed by atoms with Crippen molar-refractivity contribution in [2.75, 3.05) is 13.0 Å². The van der Waals surface area contributed by atoms with Crippen molar-refractivity contribution in [2.45, 2.75) is 20.8 Å². The number of ether oxygens (including phenoxy) is 1. The Morgan fingerprint density at radius 3 is 2.22 bits per heavy atom. The van der Waals surface area contributed by atoms with Crippen LogP contribution in [-0.4, -0.2) is 28.9 Å². The largest absolute Gasteiger partial charge is 0.480 e. The molecule has 5 nitrogen and oxygen atoms in total. The topological polar surface area (TPSA) is 83.8 Å². The SMILES string of the molecule is Cc1cc(C)c(P(=O)(O)COCC(=O)O)c(C)c1. The van der Waals surface area contributed by atoms with Crippen LogP contribution in [0.25, 0.3) is 0 Å². The highest BCUT2D eigenvalue weighted by molar-refractivity contribution is 7.66. The molecule has 0 radical (unpaired) electrons. The molecule has 1 atom stereocenters. The molecule has 18 heavy (non-hydrogen) atoms. The fourth-order valence-corrected chi connectivity index (χ4v) is 3.74. The van der Waals surface area contributed by atoms with E-state index in [-0.39, 0.29) is 0 Å². The second-order valence-electron chi connectivity index (χ2n) is 4.32. The molecule has 1 unspecified atom stereocenters. The summed E-state index contributed by atoms with van der Waals surface area (Å²) in [5.41, 5.74) is 2.45. The Labute approximate surface area is 106 Å². The monoisotopic (exact) mass is 272 g/mol. The number of aryl methyl sites for hydroxylation is 3. The fourth-order valence-electron chi connectivity index (χ4n) is 2.04. The standard InChI is InChI=1S/C12H17O5P/c1-8-4-9(2)12(10(3)5-8)18(15,16)7-17-6-11(13)14/h4-5H,6-7H2,1-3H3,(H,13,14)(H,15,16). The molecule has 1 rings (SSSR count). The van der Waals surface area contributed by atoms with Crippen LogP contribution in [0.15, 0.2) is 12.1 Å². The predicted octanol–water partition coefficient (Wildman–Crippen LogP) is 1.57. The van der Waals surface area contributed by atoms with Crippen molar-refractivity contribution in [2.24, 2.45) is 0 Å². The lowest BCUT2D eigenvalue weighted by Gasteiger charge is -2.17. The highest BCUT2D eigenvalue weighted by atomic mass is 31.2. The van der Waals surface area contributed by atoms with Crippen molar-refractivity contribution in [1.82, 2.24) is 0 Å². The second kappa shape index (κ2) is 5.65. The van der Waals surface area contributed by atoms with Gasteiger partial charge in [0.15, 0.2) is 0 Å². The average molecular weight is 272 g/mol. The molecule has 0 spiro atoms. The van der Waals surface area contributed by atoms with Gasteiger partial charge in [0.2, 0.25) is 0 Å². The smallest absolute Gasteiger partial charge is 0.329 e. The van der Waals surface area contributed by atoms with Crippen LogP contribution in [-0.2, 0) is 14.1 Å². The molecule has 0 aromatic heterocycles. The molecule has 2 N–H and O–H groups in total. The molecule has 0 heterocycles. The van der Waals surface area contributed by atoms with Crippen molar-refractivity contribution < 1.29 is 24.1 Å². The molecule has 100 valence electrons. The summed E-state index contributed by atoms with van der Waals surface area (Å²) < 4.78 is 16.9. The summed E-state index contributed by atoms with van der Waals surface area (Å²) in [5.74, 6) is -1.16. The first-order valence-corrected chi connectivity index (χ1v) is 7.28. The van der Waals surface area contributed by atoms with Crippen molar-refractivity contribution in [3.63, 3.8) is 0 Å². The van der Waals surface area contributed by atoms with Gasteiger partial charge in [0, 0.05) is 5.30 Å². The first kappa shape index (κ1) is 14.9. The molecular formula is C12H17O5P. The highest BCUT2D eigenvalue weighted by Gasteiger charge is 2.26. The Bertz CT molecular complexity index is 486. The molecule has 0 bridgehead atoms. The Hall–Kier alpha value is -1.16. The maximum Gasteiger partial charge on any atom is 0.329 e. The minimum absolute atomic E-state index is 0.360. The van der Waals surface area contributed by atoms with E-state index in [9.17, 15) is 14.3 Å². The Morgan fingerprint density at radius 2 is 1.78 bits per heavy atom. The lowest BCUT2D eigenvalue weighted by molar-refractivity contribution is -0.141. The molecule has 0 saturated carbocycles. The van der Waals surface area contributed by atoms with Crippen LogP contribution in [0, 0.1) is 20.8 Å². The van der Waals surface area contributed by atoms with E-state index in [0.29, 0.717) is 5.30 Å². The van der Waals surface area contributed by atoms with Gasteiger partial charge >= 0.3 is 5.97 Å². The van der Waals surface area contributed by atoms with E-state index in [1.54, 1.807) is 13.8 Å². The number of carboxylic acid groups (broad SMARTS) is 1. The van der Waals surface area contributed by atoms with Gasteiger partial charge in [-0.2, -0.15) is 0 Å². The Kier molecular flexibility index (Phi) is 4.68. The van der Waals surface area contributed by atoms with Crippen molar-refractivity contribution >= 4 is 18.6 Å². The van der Waals surface area contributed by atoms with Crippen molar-refractivity contribution in [1.29, 1.82) is 0 Å². The average Bonchev–Trinajstić information content (AvgIpc) is 2.13. The third kappa shape index (κ3) is 3.67. The van der Waals surface area contributed by atoms with Gasteiger partial charge in [-0.05, 0) is 31.9 Å². The number of benzene rings is 1. The third-order valence-corrected chi connectivity index (χ3v) is 4.41. The highest BCUT2D eigenvalue weighted by Crippen LogP contribution is 2.41. The van der Waals surface area contributed by atoms with E-state index in [1.165, 1.54) is 0 Å². The maximum atomic E-state index is 12.2. The zero-order chi connectivity index (χ0) is 13.9. The molecule has 0 aliphatic heterocycles. The van der Waals surface area contributed by atoms with Gasteiger partial charge < -0.3 is 14.7 Å². The fraction of sp³-hybridized carbons (Fsp3) is 0.417. The quantitative estimate of drug-likeness (QED) is 0.795. The van der Waals surface area contributed by atoms with Crippen molar-refractivity contribution in [3.8, 4) is 0 Å². The first-order chi connectivity index (χ1) is 8.24. The van der Waals surface area contributed by atoms with Gasteiger partial charge in [0.25, 0.3) is 7.37 Å². The lowest BCUT2D eigenvalue weighted by Crippen LogP contribution is -2.18. The predicted molar refractivity (Wildman–Crippen MR) is 68.6 cm³/mol. The van der Waals surface area contributed by atoms with Gasteiger partial charge in [-0.1, -0.05) is 17.7 Å². The van der Waals surface area contributed by atoms with Crippen LogP contribution in [0.2, 0.25) is 0 Å². The van der Waals surface area contributed by atoms with E-state index < -0.39 is 26.3 Å². The van der Waals surface area contributed by atoms with Gasteiger partial charge in [0.1, 0.15) is 13.0 Å². The molecule has 0 amide bonds. The maximum absolute atomic E-state index is 12.2. The molecule has 6 heteroatoms. The second-order valence-corrected chi connectivity index (χ2v) is 6.43. The molecule has 1 aromatic rings. The van der Waals surface area contributed by atoms with Crippen molar-refractivity contribution in [3.05, 3.63) is 28.8 Å². The zero-order valence-corrected chi connectivity index (χ0v) is 11.5. The van der Waals surface area contributed by atoms with Gasteiger partial charge in [-0.25, -0.2) is 4.79 Å². The lowest BCUT2D eigenvalue weighted by atomic mass is 10.1. The van der Waals surface area contributed by atoms with Crippen LogP contribution in [0.1, 0.15) is 16.7 Å². The van der Waals surface area contributed by atoms with Crippen LogP contribution in [0.3, 0.4) is 0 Å². The third-order valence-electron chi connectivity index (χ3n) is 2.48. The van der Waals surface area contributed by atoms with Crippen LogP contribution < -0.4 is 5.30 Å². The summed E-state index contributed by atoms with van der Waals surface area (Å²) in [6.07, 6.45) is -0.482. The number of carboxylic acids is 1. The number of carbonyl (C=O) groups is 1. The normalized spacial score (nSPS) is 14.2. The molecule has 0 saturated heterocycles. The minimum Gasteiger partial charge on any atom is -0.480 e. The van der Waals surface area contributed by atoms with Gasteiger partial charge in [-0.3, -0.25) is 4.57 Å². The summed E-state index contributed by atoms with van der Waals surface area (Å²) in [7, 11) is -3.68. The number of rotatable bonds is 5. The van der Waals surface area contributed by atoms with Crippen LogP contribution in [0.5, 0.6) is 0 Å². The Morgan fingerprint density at radius 1 is 1.28 bits per heavy atom. The summed E-state index contributed by atoms with van der Waals surface area (Å²) >= 11 is 0. The number of hydrogen-bond donors (Lipinski definition) is 2. The molecule has 1 aromatic carbocycles. The molecular weight excluding hydrogens is 255 g/mol. The van der Waals surface area contributed by atoms with E-state index in [0.717, 1.165) is 16.7 Å². The van der Waals surface area contributed by atoms with Crippen LogP contribution in [0.4, 0.5) is 0 Å². The number of aliphatic carboxylic acids is 1. The first-order valence-electron chi connectivity index (χ1n) is 5.44. The van der Waals surface area contributed by atoms with Gasteiger partial charge in [-0.15, -0.1) is 0 Å². The molecule has 0 fully saturated rings. The van der Waals surface area contributed by atoms with E-state index in [2.05, 4.69) is 0 Å².